The minimum atomic E-state index is -0.582. The Morgan fingerprint density at radius 2 is 1.83 bits per heavy atom. The van der Waals surface area contributed by atoms with Crippen LogP contribution in [-0.2, 0) is 6.54 Å². The predicted octanol–water partition coefficient (Wildman–Crippen LogP) is 3.24. The minimum Gasteiger partial charge on any atom is -0.387 e. The van der Waals surface area contributed by atoms with Gasteiger partial charge in [0.1, 0.15) is 0 Å². The van der Waals surface area contributed by atoms with Crippen LogP contribution < -0.4 is 0 Å². The lowest BCUT2D eigenvalue weighted by molar-refractivity contribution is -0.0521. The Labute approximate surface area is 148 Å². The van der Waals surface area contributed by atoms with Crippen molar-refractivity contribution >= 4 is 22.5 Å². The predicted molar refractivity (Wildman–Crippen MR) is 98.4 cm³/mol. The lowest BCUT2D eigenvalue weighted by Crippen LogP contribution is -2.53. The number of fused-ring (bicyclic) bond motifs is 1. The van der Waals surface area contributed by atoms with E-state index in [4.69, 9.17) is 11.6 Å². The van der Waals surface area contributed by atoms with Gasteiger partial charge in [-0.1, -0.05) is 29.8 Å². The average Bonchev–Trinajstić information content (AvgIpc) is 3.16. The van der Waals surface area contributed by atoms with Gasteiger partial charge >= 0.3 is 0 Å². The lowest BCUT2D eigenvalue weighted by atomic mass is 9.92. The van der Waals surface area contributed by atoms with Gasteiger partial charge in [0.2, 0.25) is 0 Å². The maximum atomic E-state index is 11.1. The first-order valence-electron chi connectivity index (χ1n) is 9.05. The Morgan fingerprint density at radius 3 is 2.62 bits per heavy atom. The summed E-state index contributed by atoms with van der Waals surface area (Å²) < 4.78 is 0. The van der Waals surface area contributed by atoms with E-state index in [1.54, 1.807) is 0 Å². The number of piperidine rings is 1. The number of aliphatic hydroxyl groups is 1. The van der Waals surface area contributed by atoms with E-state index >= 15 is 0 Å². The molecule has 2 fully saturated rings. The molecule has 4 rings (SSSR count). The van der Waals surface area contributed by atoms with Gasteiger partial charge in [-0.15, -0.1) is 0 Å². The topological polar surface area (TPSA) is 42.5 Å². The molecule has 0 saturated carbocycles. The van der Waals surface area contributed by atoms with Crippen LogP contribution in [0.4, 0.5) is 0 Å². The summed E-state index contributed by atoms with van der Waals surface area (Å²) in [4.78, 5) is 8.21. The van der Waals surface area contributed by atoms with Gasteiger partial charge in [0.25, 0.3) is 0 Å². The summed E-state index contributed by atoms with van der Waals surface area (Å²) in [5.41, 5.74) is 1.56. The van der Waals surface area contributed by atoms with Gasteiger partial charge in [-0.25, -0.2) is 0 Å². The summed E-state index contributed by atoms with van der Waals surface area (Å²) in [6.45, 7) is 5.61. The number of hydrogen-bond acceptors (Lipinski definition) is 3. The highest BCUT2D eigenvalue weighted by atomic mass is 35.5. The van der Waals surface area contributed by atoms with E-state index in [2.05, 4.69) is 26.9 Å². The second kappa shape index (κ2) is 6.68. The van der Waals surface area contributed by atoms with Crippen LogP contribution >= 0.6 is 11.6 Å². The molecule has 1 aromatic carbocycles. The molecule has 2 N–H and O–H groups in total. The molecule has 2 aliphatic heterocycles. The van der Waals surface area contributed by atoms with Crippen molar-refractivity contribution in [2.45, 2.75) is 37.8 Å². The number of β-amino-alcohol motifs (C(OH)–C–C–N with tert-alkyl or cyclic N) is 1. The molecule has 1 aromatic heterocycles. The van der Waals surface area contributed by atoms with Crippen LogP contribution in [0.2, 0.25) is 5.02 Å². The molecule has 0 aliphatic carbocycles. The molecule has 0 amide bonds. The van der Waals surface area contributed by atoms with Crippen molar-refractivity contribution in [3.8, 4) is 0 Å². The van der Waals surface area contributed by atoms with Crippen molar-refractivity contribution < 1.29 is 5.11 Å². The zero-order valence-corrected chi connectivity index (χ0v) is 14.9. The quantitative estimate of drug-likeness (QED) is 0.892. The van der Waals surface area contributed by atoms with Crippen molar-refractivity contribution in [1.29, 1.82) is 0 Å². The van der Waals surface area contributed by atoms with E-state index in [0.29, 0.717) is 0 Å². The van der Waals surface area contributed by atoms with Gasteiger partial charge in [0, 0.05) is 36.2 Å². The smallest absolute Gasteiger partial charge is 0.0900 e. The zero-order chi connectivity index (χ0) is 16.6. The monoisotopic (exact) mass is 347 g/mol. The summed E-state index contributed by atoms with van der Waals surface area (Å²) in [5, 5.41) is 13.0. The normalized spacial score (nSPS) is 26.4. The lowest BCUT2D eigenvalue weighted by Gasteiger charge is -2.41. The van der Waals surface area contributed by atoms with E-state index < -0.39 is 5.60 Å². The van der Waals surface area contributed by atoms with Gasteiger partial charge in [0.15, 0.2) is 0 Å². The highest BCUT2D eigenvalue weighted by molar-refractivity contribution is 6.36. The number of nitrogens with zero attached hydrogens (tertiary/aromatic N) is 2. The second-order valence-corrected chi connectivity index (χ2v) is 7.86. The number of rotatable bonds is 4. The molecule has 2 saturated heterocycles. The summed E-state index contributed by atoms with van der Waals surface area (Å²) >= 11 is 6.56. The number of aromatic amines is 1. The highest BCUT2D eigenvalue weighted by Gasteiger charge is 2.35. The van der Waals surface area contributed by atoms with Crippen molar-refractivity contribution in [2.24, 2.45) is 0 Å². The molecule has 0 bridgehead atoms. The molecule has 0 radical (unpaired) electrons. The zero-order valence-electron chi connectivity index (χ0n) is 14.1. The Hall–Kier alpha value is -1.07. The highest BCUT2D eigenvalue weighted by Crippen LogP contribution is 2.30. The van der Waals surface area contributed by atoms with E-state index in [0.717, 1.165) is 73.7 Å². The van der Waals surface area contributed by atoms with Crippen LogP contribution in [0.25, 0.3) is 10.9 Å². The number of halogens is 1. The number of likely N-dealkylation sites (tertiary alicyclic amines) is 2. The van der Waals surface area contributed by atoms with Crippen molar-refractivity contribution in [3.63, 3.8) is 0 Å². The number of nitrogens with one attached hydrogen (secondary N) is 1. The molecule has 2 aliphatic rings. The number of hydrogen-bond donors (Lipinski definition) is 2. The van der Waals surface area contributed by atoms with Crippen LogP contribution in [0.5, 0.6) is 0 Å². The molecular weight excluding hydrogens is 322 g/mol. The maximum absolute atomic E-state index is 11.1. The van der Waals surface area contributed by atoms with E-state index in [1.807, 2.05) is 12.1 Å². The van der Waals surface area contributed by atoms with Crippen molar-refractivity contribution in [1.82, 2.24) is 14.8 Å². The molecule has 4 nitrogen and oxygen atoms in total. The van der Waals surface area contributed by atoms with Gasteiger partial charge in [0.05, 0.1) is 10.6 Å². The van der Waals surface area contributed by atoms with Crippen LogP contribution in [0.15, 0.2) is 24.3 Å². The molecule has 24 heavy (non-hydrogen) atoms. The largest absolute Gasteiger partial charge is 0.387 e. The fourth-order valence-electron chi connectivity index (χ4n) is 4.32. The third kappa shape index (κ3) is 3.33. The fraction of sp³-hybridized carbons (Fsp3) is 0.579. The van der Waals surface area contributed by atoms with Crippen molar-refractivity contribution in [2.75, 3.05) is 32.7 Å². The van der Waals surface area contributed by atoms with Crippen LogP contribution in [-0.4, -0.2) is 58.2 Å². The maximum Gasteiger partial charge on any atom is 0.0900 e. The summed E-state index contributed by atoms with van der Waals surface area (Å²) in [5.74, 6) is 0. The Balaban J connectivity index is 1.46. The number of H-pyrrole nitrogens is 1. The van der Waals surface area contributed by atoms with Crippen LogP contribution in [0.3, 0.4) is 0 Å². The van der Waals surface area contributed by atoms with Gasteiger partial charge in [-0.3, -0.25) is 4.90 Å². The standard InChI is InChI=1S/C19H26ClN3O/c20-18-15-6-1-2-7-16(15)21-17(18)12-23-11-5-8-19(24,14-23)13-22-9-3-4-10-22/h1-2,6-7,21,24H,3-5,8-14H2/t19-/m0/s1. The Bertz CT molecular complexity index is 710. The van der Waals surface area contributed by atoms with Crippen LogP contribution in [0.1, 0.15) is 31.4 Å². The first-order chi connectivity index (χ1) is 11.6. The molecule has 0 spiro atoms. The fourth-order valence-corrected chi connectivity index (χ4v) is 4.59. The Kier molecular flexibility index (Phi) is 4.56. The first-order valence-corrected chi connectivity index (χ1v) is 9.43. The van der Waals surface area contributed by atoms with Gasteiger partial charge in [-0.05, 0) is 51.4 Å². The number of aromatic nitrogens is 1. The van der Waals surface area contributed by atoms with Gasteiger partial charge in [-0.2, -0.15) is 0 Å². The molecular formula is C19H26ClN3O. The first kappa shape index (κ1) is 16.4. The van der Waals surface area contributed by atoms with Gasteiger partial charge < -0.3 is 15.0 Å². The molecule has 1 atom stereocenters. The number of benzene rings is 1. The summed E-state index contributed by atoms with van der Waals surface area (Å²) in [7, 11) is 0. The SMILES string of the molecule is O[C@]1(CN2CCCC2)CCCN(Cc2[nH]c3ccccc3c2Cl)C1. The van der Waals surface area contributed by atoms with Crippen LogP contribution in [0, 0.1) is 0 Å². The summed E-state index contributed by atoms with van der Waals surface area (Å²) in [6.07, 6.45) is 4.48. The van der Waals surface area contributed by atoms with E-state index in [9.17, 15) is 5.11 Å². The van der Waals surface area contributed by atoms with E-state index in [1.165, 1.54) is 12.8 Å². The van der Waals surface area contributed by atoms with Crippen molar-refractivity contribution in [3.05, 3.63) is 35.0 Å². The summed E-state index contributed by atoms with van der Waals surface area (Å²) in [6, 6.07) is 8.15. The molecule has 0 unspecified atom stereocenters. The Morgan fingerprint density at radius 1 is 1.08 bits per heavy atom. The molecule has 5 heteroatoms. The third-order valence-corrected chi connectivity index (χ3v) is 5.88. The second-order valence-electron chi connectivity index (χ2n) is 7.48. The number of para-hydroxylation sites is 1. The molecule has 3 heterocycles. The molecule has 2 aromatic rings. The average molecular weight is 348 g/mol. The molecule has 130 valence electrons. The van der Waals surface area contributed by atoms with E-state index in [-0.39, 0.29) is 0 Å². The third-order valence-electron chi connectivity index (χ3n) is 5.45. The minimum absolute atomic E-state index is 0.582.